The molecule has 1 aliphatic rings. The molecular weight excluding hydrogens is 308 g/mol. The Bertz CT molecular complexity index is 303. The van der Waals surface area contributed by atoms with Crippen LogP contribution in [-0.2, 0) is 18.2 Å². The molecule has 0 aromatic heterocycles. The first-order valence-corrected chi connectivity index (χ1v) is 9.08. The lowest BCUT2D eigenvalue weighted by molar-refractivity contribution is -0.0335. The zero-order valence-corrected chi connectivity index (χ0v) is 11.8. The topological polar surface area (TPSA) is 146 Å². The van der Waals surface area contributed by atoms with Crippen LogP contribution < -0.4 is 5.32 Å². The maximum atomic E-state index is 10.5. The van der Waals surface area contributed by atoms with E-state index >= 15 is 0 Å². The van der Waals surface area contributed by atoms with Crippen molar-refractivity contribution in [2.24, 2.45) is 0 Å². The summed E-state index contributed by atoms with van der Waals surface area (Å²) in [6.07, 6.45) is -0.691. The molecule has 0 saturated carbocycles. The summed E-state index contributed by atoms with van der Waals surface area (Å²) in [7, 11) is -8.51. The zero-order valence-electron chi connectivity index (χ0n) is 9.21. The zero-order chi connectivity index (χ0) is 13.8. The smallest absolute Gasteiger partial charge is 0.299 e. The van der Waals surface area contributed by atoms with E-state index in [4.69, 9.17) is 9.79 Å². The Morgan fingerprint density at radius 2 is 1.56 bits per heavy atom. The minimum atomic E-state index is -2.99. The summed E-state index contributed by atoms with van der Waals surface area (Å²) in [6.45, 7) is 0. The van der Waals surface area contributed by atoms with Crippen LogP contribution in [0.1, 0.15) is 12.8 Å². The first kappa shape index (κ1) is 16.3. The number of hydrogen-bond acceptors (Lipinski definition) is 7. The summed E-state index contributed by atoms with van der Waals surface area (Å²) in [5, 5.41) is 2.62. The largest absolute Gasteiger partial charge is 0.699 e. The van der Waals surface area contributed by atoms with Crippen molar-refractivity contribution in [3.63, 3.8) is 0 Å². The van der Waals surface area contributed by atoms with Crippen LogP contribution in [0.4, 0.5) is 0 Å². The van der Waals surface area contributed by atoms with Crippen molar-refractivity contribution in [2.45, 2.75) is 25.3 Å². The van der Waals surface area contributed by atoms with Gasteiger partial charge in [0, 0.05) is 26.7 Å². The number of hydrogen-bond donors (Lipinski definition) is 5. The molecule has 1 saturated heterocycles. The summed E-state index contributed by atoms with van der Waals surface area (Å²) < 4.78 is 48.5. The van der Waals surface area contributed by atoms with Crippen molar-refractivity contribution in [1.29, 1.82) is 0 Å². The minimum Gasteiger partial charge on any atom is -0.299 e. The fourth-order valence-electron chi connectivity index (χ4n) is 1.51. The van der Waals surface area contributed by atoms with Crippen molar-refractivity contribution in [3.8, 4) is 0 Å². The first-order valence-electron chi connectivity index (χ1n) is 4.94. The van der Waals surface area contributed by atoms with Gasteiger partial charge in [0.1, 0.15) is 0 Å². The van der Waals surface area contributed by atoms with E-state index in [1.54, 1.807) is 0 Å². The SMILES string of the molecule is O=[P+](O)OC(NC1CCS(O)(O)CC1)O[P+](=O)O. The molecule has 12 heteroatoms. The van der Waals surface area contributed by atoms with E-state index in [1.807, 2.05) is 0 Å². The van der Waals surface area contributed by atoms with Crippen LogP contribution in [0.2, 0.25) is 0 Å². The Labute approximate surface area is 107 Å². The summed E-state index contributed by atoms with van der Waals surface area (Å²) in [4.78, 5) is 17.1. The highest BCUT2D eigenvalue weighted by atomic mass is 32.3. The van der Waals surface area contributed by atoms with E-state index in [0.717, 1.165) is 0 Å². The third-order valence-electron chi connectivity index (χ3n) is 2.33. The van der Waals surface area contributed by atoms with Crippen LogP contribution in [0.5, 0.6) is 0 Å². The van der Waals surface area contributed by atoms with Crippen LogP contribution in [0.25, 0.3) is 0 Å². The molecule has 1 rings (SSSR count). The lowest BCUT2D eigenvalue weighted by Gasteiger charge is -2.39. The van der Waals surface area contributed by atoms with E-state index in [0.29, 0.717) is 12.8 Å². The normalized spacial score (nSPS) is 25.3. The highest BCUT2D eigenvalue weighted by Gasteiger charge is 2.35. The molecule has 0 aromatic rings. The minimum absolute atomic E-state index is 0.202. The summed E-state index contributed by atoms with van der Waals surface area (Å²) in [6, 6.07) is -0.250. The first-order chi connectivity index (χ1) is 8.28. The Hall–Kier alpha value is 0.270. The van der Waals surface area contributed by atoms with E-state index in [2.05, 4.69) is 14.4 Å². The average molecular weight is 323 g/mol. The van der Waals surface area contributed by atoms with Crippen molar-refractivity contribution < 1.29 is 37.1 Å². The predicted octanol–water partition coefficient (Wildman–Crippen LogP) is 1.11. The molecule has 0 radical (unpaired) electrons. The van der Waals surface area contributed by atoms with E-state index in [-0.39, 0.29) is 17.5 Å². The Balaban J connectivity index is 2.45. The van der Waals surface area contributed by atoms with E-state index in [9.17, 15) is 18.2 Å². The monoisotopic (exact) mass is 323 g/mol. The molecule has 0 bridgehead atoms. The van der Waals surface area contributed by atoms with Crippen LogP contribution in [-0.4, -0.2) is 42.9 Å². The van der Waals surface area contributed by atoms with Gasteiger partial charge in [-0.2, -0.15) is 10.6 Å². The molecule has 1 aliphatic heterocycles. The Morgan fingerprint density at radius 3 is 1.94 bits per heavy atom. The maximum absolute atomic E-state index is 10.5. The van der Waals surface area contributed by atoms with Gasteiger partial charge in [-0.25, -0.2) is 0 Å². The van der Waals surface area contributed by atoms with Crippen molar-refractivity contribution in [1.82, 2.24) is 5.32 Å². The van der Waals surface area contributed by atoms with E-state index in [1.165, 1.54) is 0 Å². The second-order valence-corrected chi connectivity index (χ2v) is 7.46. The Kier molecular flexibility index (Phi) is 6.49. The summed E-state index contributed by atoms with van der Waals surface area (Å²) in [5.41, 5.74) is 0. The molecule has 5 N–H and O–H groups in total. The van der Waals surface area contributed by atoms with E-state index < -0.39 is 33.5 Å². The summed E-state index contributed by atoms with van der Waals surface area (Å²) in [5.74, 6) is 0.405. The Morgan fingerprint density at radius 1 is 1.11 bits per heavy atom. The molecule has 0 amide bonds. The third-order valence-corrected chi connectivity index (χ3v) is 4.85. The standard InChI is InChI=1S/C6H13NO8P2S/c8-16(9)14-6(15-17(10)11)7-5-1-3-18(12,13)4-2-5/h5-7H,1-4H2,(H2-2,8,9,10,11,12,13)/p+2. The van der Waals surface area contributed by atoms with Gasteiger partial charge in [0.25, 0.3) is 0 Å². The fourth-order valence-corrected chi connectivity index (χ4v) is 3.64. The van der Waals surface area contributed by atoms with Gasteiger partial charge < -0.3 is 0 Å². The average Bonchev–Trinajstić information content (AvgIpc) is 2.19. The van der Waals surface area contributed by atoms with Crippen molar-refractivity contribution in [3.05, 3.63) is 0 Å². The molecule has 0 aromatic carbocycles. The van der Waals surface area contributed by atoms with Gasteiger partial charge in [-0.3, -0.25) is 14.4 Å². The molecular formula is C6H15NO8P2S+2. The molecule has 18 heavy (non-hydrogen) atoms. The van der Waals surface area contributed by atoms with Gasteiger partial charge in [0.15, 0.2) is 0 Å². The second kappa shape index (κ2) is 7.16. The third kappa shape index (κ3) is 6.44. The lowest BCUT2D eigenvalue weighted by Crippen LogP contribution is -2.43. The highest BCUT2D eigenvalue weighted by molar-refractivity contribution is 8.24. The quantitative estimate of drug-likeness (QED) is 0.358. The van der Waals surface area contributed by atoms with Crippen LogP contribution in [0.15, 0.2) is 0 Å². The lowest BCUT2D eigenvalue weighted by atomic mass is 10.2. The number of rotatable bonds is 6. The molecule has 2 atom stereocenters. The van der Waals surface area contributed by atoms with Gasteiger partial charge in [-0.15, -0.1) is 9.79 Å². The van der Waals surface area contributed by atoms with Gasteiger partial charge in [0.05, 0.1) is 0 Å². The molecule has 2 unspecified atom stereocenters. The molecule has 9 nitrogen and oxygen atoms in total. The molecule has 0 aliphatic carbocycles. The fraction of sp³-hybridized carbons (Fsp3) is 1.00. The van der Waals surface area contributed by atoms with Crippen LogP contribution in [0, 0.1) is 0 Å². The van der Waals surface area contributed by atoms with Crippen molar-refractivity contribution in [2.75, 3.05) is 11.5 Å². The molecule has 0 spiro atoms. The van der Waals surface area contributed by atoms with Gasteiger partial charge in [-0.05, 0) is 12.8 Å². The second-order valence-electron chi connectivity index (χ2n) is 3.67. The van der Waals surface area contributed by atoms with Crippen LogP contribution >= 0.6 is 27.1 Å². The van der Waals surface area contributed by atoms with Gasteiger partial charge >= 0.3 is 22.9 Å². The predicted molar refractivity (Wildman–Crippen MR) is 64.3 cm³/mol. The van der Waals surface area contributed by atoms with Crippen LogP contribution in [0.3, 0.4) is 0 Å². The van der Waals surface area contributed by atoms with Gasteiger partial charge in [-0.1, -0.05) is 9.05 Å². The highest BCUT2D eigenvalue weighted by Crippen LogP contribution is 2.44. The maximum Gasteiger partial charge on any atom is 0.699 e. The summed E-state index contributed by atoms with van der Waals surface area (Å²) >= 11 is 0. The number of nitrogens with one attached hydrogen (secondary N) is 1. The molecule has 1 heterocycles. The van der Waals surface area contributed by atoms with Crippen molar-refractivity contribution >= 4 is 27.1 Å². The molecule has 106 valence electrons. The van der Waals surface area contributed by atoms with Gasteiger partial charge in [0.2, 0.25) is 0 Å². The molecule has 1 fully saturated rings.